The van der Waals surface area contributed by atoms with Gasteiger partial charge in [-0.15, -0.1) is 11.3 Å². The number of piperazine rings is 1. The quantitative estimate of drug-likeness (QED) is 0.697. The van der Waals surface area contributed by atoms with Crippen LogP contribution >= 0.6 is 11.3 Å². The van der Waals surface area contributed by atoms with Crippen LogP contribution in [0.15, 0.2) is 24.5 Å². The topological polar surface area (TPSA) is 45.2 Å². The van der Waals surface area contributed by atoms with Crippen molar-refractivity contribution < 1.29 is 0 Å². The molecule has 0 atom stereocenters. The molecule has 2 aliphatic rings. The lowest BCUT2D eigenvalue weighted by molar-refractivity contribution is 0.312. The summed E-state index contributed by atoms with van der Waals surface area (Å²) in [6.07, 6.45) is 8.59. The molecule has 4 heterocycles. The summed E-state index contributed by atoms with van der Waals surface area (Å²) in [7, 11) is 2.20. The van der Waals surface area contributed by atoms with E-state index in [1.165, 1.54) is 41.5 Å². The fraction of sp³-hybridized carbons (Fsp3) is 0.450. The zero-order valence-electron chi connectivity index (χ0n) is 15.1. The van der Waals surface area contributed by atoms with Crippen molar-refractivity contribution in [1.29, 1.82) is 0 Å². The monoisotopic (exact) mass is 365 g/mol. The maximum Gasteiger partial charge on any atom is 0.163 e. The molecule has 5 rings (SSSR count). The highest BCUT2D eigenvalue weighted by Crippen LogP contribution is 2.40. The second-order valence-corrected chi connectivity index (χ2v) is 8.37. The average molecular weight is 366 g/mol. The first-order valence-electron chi connectivity index (χ1n) is 9.46. The van der Waals surface area contributed by atoms with Crippen molar-refractivity contribution in [3.05, 3.63) is 35.0 Å². The number of rotatable bonds is 2. The van der Waals surface area contributed by atoms with E-state index in [0.717, 1.165) is 48.2 Å². The predicted octanol–water partition coefficient (Wildman–Crippen LogP) is 3.38. The maximum absolute atomic E-state index is 5.08. The van der Waals surface area contributed by atoms with E-state index in [9.17, 15) is 0 Å². The second-order valence-electron chi connectivity index (χ2n) is 7.29. The van der Waals surface area contributed by atoms with Crippen LogP contribution in [-0.4, -0.2) is 53.1 Å². The Morgan fingerprint density at radius 2 is 1.73 bits per heavy atom. The van der Waals surface area contributed by atoms with Gasteiger partial charge in [0.2, 0.25) is 0 Å². The molecule has 6 heteroatoms. The van der Waals surface area contributed by atoms with Crippen molar-refractivity contribution in [3.8, 4) is 11.4 Å². The zero-order chi connectivity index (χ0) is 17.5. The highest BCUT2D eigenvalue weighted by Gasteiger charge is 2.25. The van der Waals surface area contributed by atoms with Gasteiger partial charge in [0.25, 0.3) is 0 Å². The fourth-order valence-electron chi connectivity index (χ4n) is 4.02. The molecule has 0 saturated carbocycles. The van der Waals surface area contributed by atoms with Crippen LogP contribution in [-0.2, 0) is 12.8 Å². The normalized spacial score (nSPS) is 18.3. The first kappa shape index (κ1) is 16.1. The molecule has 1 aliphatic heterocycles. The highest BCUT2D eigenvalue weighted by atomic mass is 32.1. The molecule has 1 saturated heterocycles. The van der Waals surface area contributed by atoms with Crippen molar-refractivity contribution in [2.24, 2.45) is 0 Å². The van der Waals surface area contributed by atoms with Crippen molar-refractivity contribution in [3.63, 3.8) is 0 Å². The van der Waals surface area contributed by atoms with E-state index < -0.39 is 0 Å². The van der Waals surface area contributed by atoms with Gasteiger partial charge in [0.15, 0.2) is 5.82 Å². The van der Waals surface area contributed by atoms with Gasteiger partial charge in [-0.2, -0.15) is 0 Å². The van der Waals surface area contributed by atoms with Gasteiger partial charge < -0.3 is 9.80 Å². The molecule has 0 aromatic carbocycles. The smallest absolute Gasteiger partial charge is 0.163 e. The molecule has 0 bridgehead atoms. The average Bonchev–Trinajstić information content (AvgIpc) is 3.07. The van der Waals surface area contributed by atoms with E-state index in [1.807, 2.05) is 35.9 Å². The Morgan fingerprint density at radius 3 is 2.54 bits per heavy atom. The van der Waals surface area contributed by atoms with E-state index in [1.54, 1.807) is 0 Å². The largest absolute Gasteiger partial charge is 0.353 e. The van der Waals surface area contributed by atoms with Gasteiger partial charge in [0, 0.05) is 49.0 Å². The van der Waals surface area contributed by atoms with Crippen molar-refractivity contribution in [1.82, 2.24) is 19.9 Å². The first-order valence-corrected chi connectivity index (χ1v) is 10.3. The molecule has 3 aromatic heterocycles. The van der Waals surface area contributed by atoms with Gasteiger partial charge in [-0.3, -0.25) is 4.98 Å². The summed E-state index contributed by atoms with van der Waals surface area (Å²) < 4.78 is 0. The molecule has 0 amide bonds. The van der Waals surface area contributed by atoms with Gasteiger partial charge in [0.1, 0.15) is 10.6 Å². The Bertz CT molecular complexity index is 928. The molecule has 0 spiro atoms. The lowest BCUT2D eigenvalue weighted by atomic mass is 9.96. The van der Waals surface area contributed by atoms with E-state index in [4.69, 9.17) is 9.97 Å². The third-order valence-corrected chi connectivity index (χ3v) is 6.72. The molecular formula is C20H23N5S. The fourth-order valence-corrected chi connectivity index (χ4v) is 5.27. The number of hydrogen-bond donors (Lipinski definition) is 0. The van der Waals surface area contributed by atoms with Crippen molar-refractivity contribution >= 4 is 27.4 Å². The highest BCUT2D eigenvalue weighted by molar-refractivity contribution is 7.19. The minimum Gasteiger partial charge on any atom is -0.353 e. The molecule has 5 nitrogen and oxygen atoms in total. The number of nitrogens with zero attached hydrogens (tertiary/aromatic N) is 5. The SMILES string of the molecule is CN1CCN(c2nc(-c3ccncc3)nc3sc4c(c23)CCCC4)CC1. The van der Waals surface area contributed by atoms with Crippen LogP contribution in [0.1, 0.15) is 23.3 Å². The summed E-state index contributed by atoms with van der Waals surface area (Å²) in [5, 5.41) is 1.33. The molecule has 0 unspecified atom stereocenters. The summed E-state index contributed by atoms with van der Waals surface area (Å²) in [5.41, 5.74) is 2.56. The Labute approximate surface area is 157 Å². The van der Waals surface area contributed by atoms with Crippen molar-refractivity contribution in [2.45, 2.75) is 25.7 Å². The first-order chi connectivity index (χ1) is 12.8. The van der Waals surface area contributed by atoms with E-state index >= 15 is 0 Å². The standard InChI is InChI=1S/C20H23N5S/c1-24-10-12-25(13-11-24)19-17-15-4-2-3-5-16(15)26-20(17)23-18(22-19)14-6-8-21-9-7-14/h6-9H,2-5,10-13H2,1H3. The van der Waals surface area contributed by atoms with Crippen LogP contribution < -0.4 is 4.90 Å². The van der Waals surface area contributed by atoms with Crippen LogP contribution in [0.5, 0.6) is 0 Å². The van der Waals surface area contributed by atoms with Crippen LogP contribution in [0, 0.1) is 0 Å². The van der Waals surface area contributed by atoms with E-state index in [2.05, 4.69) is 21.8 Å². The molecule has 26 heavy (non-hydrogen) atoms. The second kappa shape index (κ2) is 6.59. The summed E-state index contributed by atoms with van der Waals surface area (Å²) in [4.78, 5) is 21.7. The van der Waals surface area contributed by atoms with Crippen LogP contribution in [0.2, 0.25) is 0 Å². The number of aromatic nitrogens is 3. The number of anilines is 1. The summed E-state index contributed by atoms with van der Waals surface area (Å²) >= 11 is 1.88. The number of fused-ring (bicyclic) bond motifs is 3. The Balaban J connectivity index is 1.70. The maximum atomic E-state index is 5.08. The Hall–Kier alpha value is -2.05. The number of likely N-dealkylation sites (N-methyl/N-ethyl adjacent to an activating group) is 1. The number of hydrogen-bond acceptors (Lipinski definition) is 6. The summed E-state index contributed by atoms with van der Waals surface area (Å²) in [5.74, 6) is 1.97. The molecule has 134 valence electrons. The van der Waals surface area contributed by atoms with Gasteiger partial charge in [-0.1, -0.05) is 0 Å². The number of aryl methyl sites for hydroxylation is 2. The molecule has 1 fully saturated rings. The van der Waals surface area contributed by atoms with Gasteiger partial charge in [-0.05, 0) is 50.4 Å². The summed E-state index contributed by atoms with van der Waals surface area (Å²) in [6.45, 7) is 4.23. The van der Waals surface area contributed by atoms with Crippen molar-refractivity contribution in [2.75, 3.05) is 38.1 Å². The molecule has 0 N–H and O–H groups in total. The Morgan fingerprint density at radius 1 is 0.962 bits per heavy atom. The zero-order valence-corrected chi connectivity index (χ0v) is 15.9. The predicted molar refractivity (Wildman–Crippen MR) is 107 cm³/mol. The minimum atomic E-state index is 0.826. The lowest BCUT2D eigenvalue weighted by Crippen LogP contribution is -2.45. The van der Waals surface area contributed by atoms with Gasteiger partial charge in [-0.25, -0.2) is 9.97 Å². The number of pyridine rings is 1. The van der Waals surface area contributed by atoms with Crippen LogP contribution in [0.4, 0.5) is 5.82 Å². The van der Waals surface area contributed by atoms with Gasteiger partial charge in [0.05, 0.1) is 5.39 Å². The minimum absolute atomic E-state index is 0.826. The van der Waals surface area contributed by atoms with E-state index in [-0.39, 0.29) is 0 Å². The molecule has 3 aromatic rings. The third kappa shape index (κ3) is 2.77. The van der Waals surface area contributed by atoms with Crippen LogP contribution in [0.3, 0.4) is 0 Å². The molecular weight excluding hydrogens is 342 g/mol. The Kier molecular flexibility index (Phi) is 4.10. The number of thiophene rings is 1. The molecule has 0 radical (unpaired) electrons. The summed E-state index contributed by atoms with van der Waals surface area (Å²) in [6, 6.07) is 4.00. The van der Waals surface area contributed by atoms with Crippen LogP contribution in [0.25, 0.3) is 21.6 Å². The van der Waals surface area contributed by atoms with Gasteiger partial charge >= 0.3 is 0 Å². The van der Waals surface area contributed by atoms with E-state index in [0.29, 0.717) is 0 Å². The molecule has 1 aliphatic carbocycles. The third-order valence-electron chi connectivity index (χ3n) is 5.54. The lowest BCUT2D eigenvalue weighted by Gasteiger charge is -2.34.